The van der Waals surface area contributed by atoms with Gasteiger partial charge in [0.15, 0.2) is 0 Å². The molecule has 22 heavy (non-hydrogen) atoms. The summed E-state index contributed by atoms with van der Waals surface area (Å²) in [5, 5.41) is 3.57. The summed E-state index contributed by atoms with van der Waals surface area (Å²) in [6, 6.07) is 17.3. The number of hydrogen-bond acceptors (Lipinski definition) is 2. The molecule has 2 aromatic rings. The van der Waals surface area contributed by atoms with Crippen LogP contribution >= 0.6 is 0 Å². The van der Waals surface area contributed by atoms with Crippen LogP contribution in [0.2, 0.25) is 0 Å². The molecule has 1 unspecified atom stereocenters. The van der Waals surface area contributed by atoms with Crippen molar-refractivity contribution in [1.82, 2.24) is 5.32 Å². The van der Waals surface area contributed by atoms with Gasteiger partial charge in [0.05, 0.1) is 6.61 Å². The maximum absolute atomic E-state index is 5.72. The zero-order valence-electron chi connectivity index (χ0n) is 14.1. The van der Waals surface area contributed by atoms with Gasteiger partial charge in [0.1, 0.15) is 5.75 Å². The van der Waals surface area contributed by atoms with E-state index in [4.69, 9.17) is 4.74 Å². The number of hydrogen-bond donors (Lipinski definition) is 1. The Morgan fingerprint density at radius 1 is 1.00 bits per heavy atom. The van der Waals surface area contributed by atoms with Crippen LogP contribution < -0.4 is 10.1 Å². The number of nitrogens with one attached hydrogen (secondary N) is 1. The molecule has 0 saturated carbocycles. The lowest BCUT2D eigenvalue weighted by molar-refractivity contribution is 0.271. The summed E-state index contributed by atoms with van der Waals surface area (Å²) in [6.07, 6.45) is 0. The van der Waals surface area contributed by atoms with Gasteiger partial charge in [-0.3, -0.25) is 0 Å². The molecule has 0 aromatic heterocycles. The Kier molecular flexibility index (Phi) is 6.02. The molecule has 118 valence electrons. The molecule has 0 fully saturated rings. The summed E-state index contributed by atoms with van der Waals surface area (Å²) in [4.78, 5) is 0. The highest BCUT2D eigenvalue weighted by atomic mass is 16.5. The molecule has 2 nitrogen and oxygen atoms in total. The third-order valence-electron chi connectivity index (χ3n) is 3.66. The molecule has 2 aromatic carbocycles. The van der Waals surface area contributed by atoms with Crippen LogP contribution in [0.1, 0.15) is 43.5 Å². The molecular weight excluding hydrogens is 270 g/mol. The van der Waals surface area contributed by atoms with Crippen LogP contribution in [0.4, 0.5) is 0 Å². The molecule has 1 N–H and O–H groups in total. The van der Waals surface area contributed by atoms with Crippen LogP contribution in [0.25, 0.3) is 0 Å². The Labute approximate surface area is 134 Å². The van der Waals surface area contributed by atoms with E-state index in [1.165, 1.54) is 16.7 Å². The van der Waals surface area contributed by atoms with Crippen molar-refractivity contribution in [1.29, 1.82) is 0 Å². The zero-order valence-corrected chi connectivity index (χ0v) is 14.1. The minimum Gasteiger partial charge on any atom is -0.493 e. The van der Waals surface area contributed by atoms with Crippen LogP contribution in [0.5, 0.6) is 5.75 Å². The summed E-state index contributed by atoms with van der Waals surface area (Å²) >= 11 is 0. The van der Waals surface area contributed by atoms with Crippen molar-refractivity contribution in [2.24, 2.45) is 5.92 Å². The van der Waals surface area contributed by atoms with Crippen molar-refractivity contribution in [2.75, 3.05) is 6.61 Å². The molecule has 0 spiro atoms. The Hall–Kier alpha value is -1.80. The van der Waals surface area contributed by atoms with E-state index in [1.54, 1.807) is 0 Å². The van der Waals surface area contributed by atoms with E-state index in [2.05, 4.69) is 81.5 Å². The minimum atomic E-state index is 0.319. The summed E-state index contributed by atoms with van der Waals surface area (Å²) in [5.74, 6) is 1.50. The first-order chi connectivity index (χ1) is 10.5. The average Bonchev–Trinajstić information content (AvgIpc) is 2.51. The molecule has 0 aliphatic heterocycles. The predicted molar refractivity (Wildman–Crippen MR) is 93.2 cm³/mol. The first-order valence-corrected chi connectivity index (χ1v) is 8.06. The van der Waals surface area contributed by atoms with Crippen molar-refractivity contribution < 1.29 is 4.74 Å². The molecule has 0 bridgehead atoms. The van der Waals surface area contributed by atoms with Gasteiger partial charge >= 0.3 is 0 Å². The molecule has 0 amide bonds. The van der Waals surface area contributed by atoms with Crippen LogP contribution in [0, 0.1) is 12.8 Å². The van der Waals surface area contributed by atoms with E-state index >= 15 is 0 Å². The lowest BCUT2D eigenvalue weighted by Crippen LogP contribution is -2.18. The van der Waals surface area contributed by atoms with E-state index in [0.717, 1.165) is 18.9 Å². The first-order valence-electron chi connectivity index (χ1n) is 8.06. The maximum atomic E-state index is 5.72. The standard InChI is InChI=1S/C20H27NO/c1-15(2)14-22-20-10-8-19(9-11-20)17(4)21-13-18-7-5-6-16(3)12-18/h5-12,15,17,21H,13-14H2,1-4H3. The highest BCUT2D eigenvalue weighted by Crippen LogP contribution is 2.18. The molecule has 0 saturated heterocycles. The summed E-state index contributed by atoms with van der Waals surface area (Å²) < 4.78 is 5.72. The van der Waals surface area contributed by atoms with Gasteiger partial charge < -0.3 is 10.1 Å². The first kappa shape index (κ1) is 16.6. The van der Waals surface area contributed by atoms with Crippen LogP contribution in [-0.2, 0) is 6.54 Å². The fourth-order valence-corrected chi connectivity index (χ4v) is 2.33. The SMILES string of the molecule is Cc1cccc(CNC(C)c2ccc(OCC(C)C)cc2)c1. The second-order valence-corrected chi connectivity index (χ2v) is 6.37. The fraction of sp³-hybridized carbons (Fsp3) is 0.400. The smallest absolute Gasteiger partial charge is 0.119 e. The highest BCUT2D eigenvalue weighted by Gasteiger charge is 2.05. The normalized spacial score (nSPS) is 12.4. The van der Waals surface area contributed by atoms with Gasteiger partial charge in [0.2, 0.25) is 0 Å². The summed E-state index contributed by atoms with van der Waals surface area (Å²) in [5.41, 5.74) is 3.91. The number of rotatable bonds is 7. The Bertz CT molecular complexity index is 575. The zero-order chi connectivity index (χ0) is 15.9. The maximum Gasteiger partial charge on any atom is 0.119 e. The van der Waals surface area contributed by atoms with Gasteiger partial charge in [-0.1, -0.05) is 55.8 Å². The lowest BCUT2D eigenvalue weighted by Gasteiger charge is -2.15. The third kappa shape index (κ3) is 5.19. The second kappa shape index (κ2) is 8.00. The van der Waals surface area contributed by atoms with E-state index in [0.29, 0.717) is 12.0 Å². The van der Waals surface area contributed by atoms with Gasteiger partial charge in [-0.2, -0.15) is 0 Å². The summed E-state index contributed by atoms with van der Waals surface area (Å²) in [6.45, 7) is 10.3. The molecule has 1 atom stereocenters. The van der Waals surface area contributed by atoms with Crippen LogP contribution in [0.15, 0.2) is 48.5 Å². The van der Waals surface area contributed by atoms with E-state index in [9.17, 15) is 0 Å². The van der Waals surface area contributed by atoms with Crippen LogP contribution in [-0.4, -0.2) is 6.61 Å². The largest absolute Gasteiger partial charge is 0.493 e. The molecule has 0 aliphatic carbocycles. The Morgan fingerprint density at radius 2 is 1.73 bits per heavy atom. The van der Waals surface area contributed by atoms with Gasteiger partial charge in [-0.15, -0.1) is 0 Å². The number of ether oxygens (including phenoxy) is 1. The number of aryl methyl sites for hydroxylation is 1. The molecular formula is C20H27NO. The summed E-state index contributed by atoms with van der Waals surface area (Å²) in [7, 11) is 0. The molecule has 2 rings (SSSR count). The fourth-order valence-electron chi connectivity index (χ4n) is 2.33. The van der Waals surface area contributed by atoms with Crippen LogP contribution in [0.3, 0.4) is 0 Å². The predicted octanol–water partition coefficient (Wildman–Crippen LogP) is 4.88. The second-order valence-electron chi connectivity index (χ2n) is 6.37. The third-order valence-corrected chi connectivity index (χ3v) is 3.66. The van der Waals surface area contributed by atoms with Crippen molar-refractivity contribution in [3.05, 3.63) is 65.2 Å². The monoisotopic (exact) mass is 297 g/mol. The average molecular weight is 297 g/mol. The van der Waals surface area contributed by atoms with Gasteiger partial charge in [-0.25, -0.2) is 0 Å². The van der Waals surface area contributed by atoms with Crippen molar-refractivity contribution in [3.63, 3.8) is 0 Å². The van der Waals surface area contributed by atoms with Crippen molar-refractivity contribution in [3.8, 4) is 5.75 Å². The quantitative estimate of drug-likeness (QED) is 0.786. The molecule has 0 radical (unpaired) electrons. The number of benzene rings is 2. The van der Waals surface area contributed by atoms with E-state index in [1.807, 2.05) is 0 Å². The van der Waals surface area contributed by atoms with Crippen molar-refractivity contribution >= 4 is 0 Å². The Balaban J connectivity index is 1.88. The van der Waals surface area contributed by atoms with Gasteiger partial charge in [0, 0.05) is 12.6 Å². The lowest BCUT2D eigenvalue weighted by atomic mass is 10.1. The van der Waals surface area contributed by atoms with E-state index in [-0.39, 0.29) is 0 Å². The molecule has 0 heterocycles. The molecule has 0 aliphatic rings. The van der Waals surface area contributed by atoms with E-state index < -0.39 is 0 Å². The van der Waals surface area contributed by atoms with Crippen molar-refractivity contribution in [2.45, 2.75) is 40.3 Å². The topological polar surface area (TPSA) is 21.3 Å². The molecule has 2 heteroatoms. The highest BCUT2D eigenvalue weighted by molar-refractivity contribution is 5.29. The minimum absolute atomic E-state index is 0.319. The Morgan fingerprint density at radius 3 is 2.36 bits per heavy atom. The van der Waals surface area contributed by atoms with Gasteiger partial charge in [0.25, 0.3) is 0 Å². The van der Waals surface area contributed by atoms with Gasteiger partial charge in [-0.05, 0) is 43.0 Å².